The van der Waals surface area contributed by atoms with Gasteiger partial charge >= 0.3 is 0 Å². The fourth-order valence-corrected chi connectivity index (χ4v) is 3.35. The van der Waals surface area contributed by atoms with Crippen LogP contribution < -0.4 is 10.9 Å². The van der Waals surface area contributed by atoms with E-state index in [0.717, 1.165) is 48.2 Å². The number of aryl methyl sites for hydroxylation is 2. The molecule has 33 heavy (non-hydrogen) atoms. The number of amides is 2. The normalized spacial score (nSPS) is 11.9. The molecule has 6 nitrogen and oxygen atoms in total. The molecule has 0 fully saturated rings. The molecule has 2 rings (SSSR count). The maximum absolute atomic E-state index is 12.0. The van der Waals surface area contributed by atoms with Crippen molar-refractivity contribution in [1.29, 1.82) is 0 Å². The number of carbonyl (C=O) groups is 2. The van der Waals surface area contributed by atoms with Gasteiger partial charge in [0, 0.05) is 12.8 Å². The largest absolute Gasteiger partial charge is 0.273 e. The zero-order valence-electron chi connectivity index (χ0n) is 20.3. The van der Waals surface area contributed by atoms with Gasteiger partial charge in [-0.25, -0.2) is 10.9 Å². The number of nitrogens with one attached hydrogen (secondary N) is 2. The van der Waals surface area contributed by atoms with Crippen LogP contribution in [0.4, 0.5) is 0 Å². The molecule has 0 bridgehead atoms. The average molecular weight is 449 g/mol. The highest BCUT2D eigenvalue weighted by molar-refractivity contribution is 5.99. The Balaban J connectivity index is 1.72. The van der Waals surface area contributed by atoms with E-state index in [1.165, 1.54) is 11.1 Å². The van der Waals surface area contributed by atoms with Crippen LogP contribution in [0.15, 0.2) is 58.7 Å². The molecule has 0 unspecified atom stereocenters. The minimum absolute atomic E-state index is 0.211. The topological polar surface area (TPSA) is 82.9 Å². The van der Waals surface area contributed by atoms with Crippen LogP contribution in [0.3, 0.4) is 0 Å². The van der Waals surface area contributed by atoms with Gasteiger partial charge in [0.1, 0.15) is 0 Å². The van der Waals surface area contributed by atoms with Crippen LogP contribution in [0.2, 0.25) is 0 Å². The Kier molecular flexibility index (Phi) is 11.0. The maximum Gasteiger partial charge on any atom is 0.240 e. The predicted octanol–water partition coefficient (Wildman–Crippen LogP) is 5.14. The van der Waals surface area contributed by atoms with Crippen molar-refractivity contribution in [2.45, 2.75) is 72.6 Å². The standard InChI is InChI=1S/C27H36N4O2/c1-5-8-22-12-16-24(17-13-22)20(3)28-30-26(32)10-7-11-27(33)31-29-21(4)25-18-14-23(9-6-2)15-19-25/h12-19H,5-11H2,1-4H3,(H,30,32)(H,31,33). The quantitative estimate of drug-likeness (QED) is 0.348. The van der Waals surface area contributed by atoms with Crippen molar-refractivity contribution in [3.8, 4) is 0 Å². The van der Waals surface area contributed by atoms with Gasteiger partial charge in [0.25, 0.3) is 0 Å². The lowest BCUT2D eigenvalue weighted by Crippen LogP contribution is -2.21. The number of nitrogens with zero attached hydrogens (tertiary/aromatic N) is 2. The number of hydrogen-bond donors (Lipinski definition) is 2. The highest BCUT2D eigenvalue weighted by Crippen LogP contribution is 2.09. The molecular formula is C27H36N4O2. The monoisotopic (exact) mass is 448 g/mol. The van der Waals surface area contributed by atoms with Crippen LogP contribution in [0.25, 0.3) is 0 Å². The highest BCUT2D eigenvalue weighted by Gasteiger charge is 2.06. The Hall–Kier alpha value is -3.28. The molecule has 0 aliphatic rings. The maximum atomic E-state index is 12.0. The Morgan fingerprint density at radius 2 is 1.03 bits per heavy atom. The van der Waals surface area contributed by atoms with E-state index in [1.807, 2.05) is 38.1 Å². The van der Waals surface area contributed by atoms with E-state index in [-0.39, 0.29) is 24.7 Å². The lowest BCUT2D eigenvalue weighted by Gasteiger charge is -2.05. The molecule has 0 spiro atoms. The third kappa shape index (κ3) is 9.39. The summed E-state index contributed by atoms with van der Waals surface area (Å²) in [7, 11) is 0. The first-order valence-electron chi connectivity index (χ1n) is 11.8. The van der Waals surface area contributed by atoms with E-state index >= 15 is 0 Å². The van der Waals surface area contributed by atoms with Crippen molar-refractivity contribution in [1.82, 2.24) is 10.9 Å². The summed E-state index contributed by atoms with van der Waals surface area (Å²) in [5, 5.41) is 8.35. The van der Waals surface area contributed by atoms with Crippen molar-refractivity contribution < 1.29 is 9.59 Å². The van der Waals surface area contributed by atoms with Crippen molar-refractivity contribution in [3.05, 3.63) is 70.8 Å². The third-order valence-electron chi connectivity index (χ3n) is 5.33. The first-order chi connectivity index (χ1) is 15.9. The van der Waals surface area contributed by atoms with Gasteiger partial charge in [-0.3, -0.25) is 9.59 Å². The average Bonchev–Trinajstić information content (AvgIpc) is 2.82. The Bertz CT molecular complexity index is 881. The molecule has 0 saturated carbocycles. The predicted molar refractivity (Wildman–Crippen MR) is 135 cm³/mol. The van der Waals surface area contributed by atoms with Crippen molar-refractivity contribution in [2.24, 2.45) is 10.2 Å². The molecule has 0 heterocycles. The summed E-state index contributed by atoms with van der Waals surface area (Å²) in [6, 6.07) is 16.4. The van der Waals surface area contributed by atoms with Crippen LogP contribution in [0.5, 0.6) is 0 Å². The van der Waals surface area contributed by atoms with Gasteiger partial charge in [-0.05, 0) is 55.4 Å². The zero-order chi connectivity index (χ0) is 24.1. The first kappa shape index (κ1) is 26.0. The van der Waals surface area contributed by atoms with E-state index < -0.39 is 0 Å². The Morgan fingerprint density at radius 3 is 1.36 bits per heavy atom. The van der Waals surface area contributed by atoms with Gasteiger partial charge in [-0.1, -0.05) is 75.2 Å². The minimum Gasteiger partial charge on any atom is -0.273 e. The molecule has 0 atom stereocenters. The van der Waals surface area contributed by atoms with Crippen LogP contribution in [0, 0.1) is 0 Å². The molecule has 2 aromatic rings. The van der Waals surface area contributed by atoms with Crippen molar-refractivity contribution in [3.63, 3.8) is 0 Å². The third-order valence-corrected chi connectivity index (χ3v) is 5.33. The van der Waals surface area contributed by atoms with Gasteiger partial charge in [0.05, 0.1) is 11.4 Å². The fraction of sp³-hybridized carbons (Fsp3) is 0.407. The summed E-state index contributed by atoms with van der Waals surface area (Å²) in [4.78, 5) is 24.1. The second-order valence-corrected chi connectivity index (χ2v) is 8.21. The van der Waals surface area contributed by atoms with Crippen LogP contribution >= 0.6 is 0 Å². The summed E-state index contributed by atoms with van der Waals surface area (Å²) in [6.07, 6.45) is 5.20. The summed E-state index contributed by atoms with van der Waals surface area (Å²) in [6.45, 7) is 8.03. The van der Waals surface area contributed by atoms with E-state index in [0.29, 0.717) is 6.42 Å². The van der Waals surface area contributed by atoms with Gasteiger partial charge in [0.2, 0.25) is 11.8 Å². The number of rotatable bonds is 12. The van der Waals surface area contributed by atoms with E-state index in [2.05, 4.69) is 59.2 Å². The number of carbonyl (C=O) groups excluding carboxylic acids is 2. The summed E-state index contributed by atoms with van der Waals surface area (Å²) in [5.74, 6) is -0.423. The number of hydrazone groups is 2. The summed E-state index contributed by atoms with van der Waals surface area (Å²) in [5.41, 5.74) is 11.2. The van der Waals surface area contributed by atoms with Gasteiger partial charge < -0.3 is 0 Å². The molecular weight excluding hydrogens is 412 g/mol. The smallest absolute Gasteiger partial charge is 0.240 e. The van der Waals surface area contributed by atoms with E-state index in [9.17, 15) is 9.59 Å². The molecule has 0 aliphatic carbocycles. The van der Waals surface area contributed by atoms with Crippen LogP contribution in [-0.4, -0.2) is 23.2 Å². The molecule has 2 N–H and O–H groups in total. The van der Waals surface area contributed by atoms with E-state index in [4.69, 9.17) is 0 Å². The molecule has 0 aliphatic heterocycles. The molecule has 0 aromatic heterocycles. The SMILES string of the molecule is CCCc1ccc(C(C)=NNC(=O)CCCC(=O)NN=C(C)c2ccc(CCC)cc2)cc1. The summed E-state index contributed by atoms with van der Waals surface area (Å²) < 4.78 is 0. The number of benzene rings is 2. The Morgan fingerprint density at radius 1 is 0.667 bits per heavy atom. The Labute approximate surface area is 197 Å². The van der Waals surface area contributed by atoms with Gasteiger partial charge in [-0.15, -0.1) is 0 Å². The first-order valence-corrected chi connectivity index (χ1v) is 11.8. The minimum atomic E-state index is -0.211. The second-order valence-electron chi connectivity index (χ2n) is 8.21. The lowest BCUT2D eigenvalue weighted by molar-refractivity contribution is -0.122. The highest BCUT2D eigenvalue weighted by atomic mass is 16.2. The van der Waals surface area contributed by atoms with Crippen molar-refractivity contribution in [2.75, 3.05) is 0 Å². The fourth-order valence-electron chi connectivity index (χ4n) is 3.35. The molecule has 6 heteroatoms. The molecule has 0 saturated heterocycles. The second kappa shape index (κ2) is 14.0. The molecule has 2 amide bonds. The van der Waals surface area contributed by atoms with Crippen LogP contribution in [-0.2, 0) is 22.4 Å². The number of hydrogen-bond acceptors (Lipinski definition) is 4. The zero-order valence-corrected chi connectivity index (χ0v) is 20.3. The summed E-state index contributed by atoms with van der Waals surface area (Å²) >= 11 is 0. The van der Waals surface area contributed by atoms with Crippen LogP contribution in [0.1, 0.15) is 82.1 Å². The molecule has 0 radical (unpaired) electrons. The lowest BCUT2D eigenvalue weighted by atomic mass is 10.1. The van der Waals surface area contributed by atoms with E-state index in [1.54, 1.807) is 0 Å². The molecule has 2 aromatic carbocycles. The van der Waals surface area contributed by atoms with Gasteiger partial charge in [-0.2, -0.15) is 10.2 Å². The van der Waals surface area contributed by atoms with Crippen molar-refractivity contribution >= 4 is 23.2 Å². The van der Waals surface area contributed by atoms with Gasteiger partial charge in [0.15, 0.2) is 0 Å². The molecule has 176 valence electrons.